The Morgan fingerprint density at radius 3 is 2.61 bits per heavy atom. The van der Waals surface area contributed by atoms with Crippen LogP contribution in [0.4, 0.5) is 19.0 Å². The van der Waals surface area contributed by atoms with Crippen LogP contribution < -0.4 is 10.6 Å². The lowest BCUT2D eigenvalue weighted by molar-refractivity contribution is -0.144. The Bertz CT molecular complexity index is 847. The van der Waals surface area contributed by atoms with E-state index in [1.165, 1.54) is 30.5 Å². The third-order valence-electron chi connectivity index (χ3n) is 3.89. The third kappa shape index (κ3) is 6.25. The van der Waals surface area contributed by atoms with E-state index in [2.05, 4.69) is 15.6 Å². The van der Waals surface area contributed by atoms with Crippen LogP contribution in [-0.2, 0) is 11.3 Å². The van der Waals surface area contributed by atoms with Crippen molar-refractivity contribution in [3.63, 3.8) is 0 Å². The molecule has 1 aromatic heterocycles. The van der Waals surface area contributed by atoms with E-state index in [4.69, 9.17) is 28.3 Å². The Kier molecular flexibility index (Phi) is 7.51. The van der Waals surface area contributed by atoms with E-state index >= 15 is 0 Å². The Balaban J connectivity index is 2.28. The van der Waals surface area contributed by atoms with Gasteiger partial charge in [0.05, 0.1) is 11.4 Å². The summed E-state index contributed by atoms with van der Waals surface area (Å²) in [5.41, 5.74) is 0.906. The summed E-state index contributed by atoms with van der Waals surface area (Å²) in [5, 5.41) is 14.6. The van der Waals surface area contributed by atoms with Gasteiger partial charge in [-0.3, -0.25) is 4.79 Å². The molecule has 0 unspecified atom stereocenters. The zero-order valence-corrected chi connectivity index (χ0v) is 16.3. The van der Waals surface area contributed by atoms with E-state index in [-0.39, 0.29) is 35.9 Å². The highest BCUT2D eigenvalue weighted by Gasteiger charge is 2.41. The maximum Gasteiger partial charge on any atom is 0.412 e. The lowest BCUT2D eigenvalue weighted by atomic mass is 10.0. The maximum atomic E-state index is 13.7. The minimum Gasteiger partial charge on any atom is -0.481 e. The largest absolute Gasteiger partial charge is 0.481 e. The number of benzene rings is 1. The second kappa shape index (κ2) is 9.45. The van der Waals surface area contributed by atoms with Crippen molar-refractivity contribution in [1.29, 1.82) is 0 Å². The number of carboxylic acid groups (broad SMARTS) is 1. The van der Waals surface area contributed by atoms with Gasteiger partial charge in [-0.25, -0.2) is 4.98 Å². The number of nitrogens with zero attached hydrogens (tertiary/aromatic N) is 1. The Labute approximate surface area is 169 Å². The Morgan fingerprint density at radius 1 is 1.29 bits per heavy atom. The molecule has 0 radical (unpaired) electrons. The first-order valence-electron chi connectivity index (χ1n) is 8.24. The number of alkyl halides is 3. The standard InChI is InChI=1S/C18H18Cl2F3N3O2/c1-10-6-11(2-3-14(10)20)16(18(21,22)23)26-17-12(7-13(19)9-25-17)8-24-5-4-15(27)28/h2-3,6-7,9,16,24H,4-5,8H2,1H3,(H,25,26)(H,27,28)/t16-/m0/s1. The van der Waals surface area contributed by atoms with Crippen LogP contribution in [0.5, 0.6) is 0 Å². The van der Waals surface area contributed by atoms with E-state index < -0.39 is 18.2 Å². The third-order valence-corrected chi connectivity index (χ3v) is 4.52. The van der Waals surface area contributed by atoms with E-state index in [0.717, 1.165) is 0 Å². The van der Waals surface area contributed by atoms with E-state index in [1.807, 2.05) is 0 Å². The molecule has 0 saturated carbocycles. The average molecular weight is 436 g/mol. The van der Waals surface area contributed by atoms with Gasteiger partial charge < -0.3 is 15.7 Å². The molecule has 3 N–H and O–H groups in total. The van der Waals surface area contributed by atoms with Gasteiger partial charge in [0.2, 0.25) is 0 Å². The van der Waals surface area contributed by atoms with E-state index in [9.17, 15) is 18.0 Å². The van der Waals surface area contributed by atoms with Crippen LogP contribution in [0.2, 0.25) is 10.0 Å². The molecule has 28 heavy (non-hydrogen) atoms. The fourth-order valence-corrected chi connectivity index (χ4v) is 2.80. The Morgan fingerprint density at radius 2 is 2.00 bits per heavy atom. The van der Waals surface area contributed by atoms with E-state index in [0.29, 0.717) is 16.1 Å². The number of carbonyl (C=O) groups is 1. The molecule has 1 heterocycles. The van der Waals surface area contributed by atoms with Gasteiger partial charge >= 0.3 is 12.1 Å². The summed E-state index contributed by atoms with van der Waals surface area (Å²) in [6.07, 6.45) is -3.47. The molecule has 152 valence electrons. The normalized spacial score (nSPS) is 12.6. The van der Waals surface area contributed by atoms with Gasteiger partial charge in [-0.1, -0.05) is 35.3 Å². The number of hydrogen-bond acceptors (Lipinski definition) is 4. The van der Waals surface area contributed by atoms with Crippen LogP contribution >= 0.6 is 23.2 Å². The van der Waals surface area contributed by atoms with Crippen molar-refractivity contribution in [3.8, 4) is 0 Å². The monoisotopic (exact) mass is 435 g/mol. The fourth-order valence-electron chi connectivity index (χ4n) is 2.50. The first-order valence-corrected chi connectivity index (χ1v) is 8.99. The minimum atomic E-state index is -4.59. The average Bonchev–Trinajstić information content (AvgIpc) is 2.59. The molecule has 2 aromatic rings. The van der Waals surface area contributed by atoms with Crippen LogP contribution in [0.15, 0.2) is 30.5 Å². The number of halogens is 5. The molecule has 2 rings (SSSR count). The van der Waals surface area contributed by atoms with Gasteiger partial charge in [-0.05, 0) is 30.2 Å². The summed E-state index contributed by atoms with van der Waals surface area (Å²) in [7, 11) is 0. The zero-order chi connectivity index (χ0) is 20.9. The van der Waals surface area contributed by atoms with Crippen molar-refractivity contribution in [2.75, 3.05) is 11.9 Å². The summed E-state index contributed by atoms with van der Waals surface area (Å²) in [6, 6.07) is 3.56. The number of carboxylic acids is 1. The van der Waals surface area contributed by atoms with Crippen LogP contribution in [0.1, 0.15) is 29.2 Å². The molecule has 0 spiro atoms. The van der Waals surface area contributed by atoms with Crippen LogP contribution in [0.25, 0.3) is 0 Å². The van der Waals surface area contributed by atoms with Gasteiger partial charge in [-0.2, -0.15) is 13.2 Å². The van der Waals surface area contributed by atoms with Crippen molar-refractivity contribution < 1.29 is 23.1 Å². The molecule has 0 aliphatic rings. The van der Waals surface area contributed by atoms with Crippen molar-refractivity contribution in [2.24, 2.45) is 0 Å². The molecule has 0 saturated heterocycles. The number of pyridine rings is 1. The molecule has 1 aromatic carbocycles. The number of aliphatic carboxylic acids is 1. The number of aromatic nitrogens is 1. The molecule has 0 bridgehead atoms. The van der Waals surface area contributed by atoms with Gasteiger partial charge in [0.15, 0.2) is 0 Å². The Hall–Kier alpha value is -2.03. The fraction of sp³-hybridized carbons (Fsp3) is 0.333. The predicted octanol–water partition coefficient (Wildman–Crippen LogP) is 4.98. The number of hydrogen-bond donors (Lipinski definition) is 3. The first-order chi connectivity index (χ1) is 13.1. The summed E-state index contributed by atoms with van der Waals surface area (Å²) in [6.45, 7) is 1.88. The molecular weight excluding hydrogens is 418 g/mol. The quantitative estimate of drug-likeness (QED) is 0.510. The van der Waals surface area contributed by atoms with Crippen LogP contribution in [0.3, 0.4) is 0 Å². The summed E-state index contributed by atoms with van der Waals surface area (Å²) >= 11 is 11.8. The highest BCUT2D eigenvalue weighted by Crippen LogP contribution is 2.37. The van der Waals surface area contributed by atoms with Crippen molar-refractivity contribution in [2.45, 2.75) is 32.1 Å². The van der Waals surface area contributed by atoms with Crippen molar-refractivity contribution >= 4 is 35.0 Å². The number of rotatable bonds is 8. The van der Waals surface area contributed by atoms with E-state index in [1.54, 1.807) is 6.92 Å². The highest BCUT2D eigenvalue weighted by molar-refractivity contribution is 6.31. The number of nitrogens with one attached hydrogen (secondary N) is 2. The second-order valence-electron chi connectivity index (χ2n) is 6.11. The SMILES string of the molecule is Cc1cc([C@H](Nc2ncc(Cl)cc2CNCCC(=O)O)C(F)(F)F)ccc1Cl. The topological polar surface area (TPSA) is 74.2 Å². The smallest absolute Gasteiger partial charge is 0.412 e. The molecule has 0 amide bonds. The molecule has 5 nitrogen and oxygen atoms in total. The summed E-state index contributed by atoms with van der Waals surface area (Å²) in [4.78, 5) is 14.6. The number of anilines is 1. The second-order valence-corrected chi connectivity index (χ2v) is 6.95. The predicted molar refractivity (Wildman–Crippen MR) is 102 cm³/mol. The zero-order valence-electron chi connectivity index (χ0n) is 14.8. The van der Waals surface area contributed by atoms with Crippen molar-refractivity contribution in [1.82, 2.24) is 10.3 Å². The van der Waals surface area contributed by atoms with Crippen molar-refractivity contribution in [3.05, 3.63) is 57.2 Å². The minimum absolute atomic E-state index is 0.00199. The summed E-state index contributed by atoms with van der Waals surface area (Å²) < 4.78 is 41.1. The molecule has 0 aliphatic heterocycles. The molecule has 0 aliphatic carbocycles. The molecule has 10 heteroatoms. The molecular formula is C18H18Cl2F3N3O2. The van der Waals surface area contributed by atoms with Gasteiger partial charge in [-0.15, -0.1) is 0 Å². The highest BCUT2D eigenvalue weighted by atomic mass is 35.5. The maximum absolute atomic E-state index is 13.7. The van der Waals surface area contributed by atoms with Crippen LogP contribution in [0, 0.1) is 6.92 Å². The van der Waals surface area contributed by atoms with Gasteiger partial charge in [0, 0.05) is 29.9 Å². The van der Waals surface area contributed by atoms with Gasteiger partial charge in [0.25, 0.3) is 0 Å². The van der Waals surface area contributed by atoms with Crippen LogP contribution in [-0.4, -0.2) is 28.8 Å². The van der Waals surface area contributed by atoms with Gasteiger partial charge in [0.1, 0.15) is 11.9 Å². The summed E-state index contributed by atoms with van der Waals surface area (Å²) in [5.74, 6) is -0.979. The molecule has 1 atom stereocenters. The first kappa shape index (κ1) is 22.3. The number of aryl methyl sites for hydroxylation is 1. The lowest BCUT2D eigenvalue weighted by Crippen LogP contribution is -2.29. The lowest BCUT2D eigenvalue weighted by Gasteiger charge is -2.24. The molecule has 0 fully saturated rings.